The summed E-state index contributed by atoms with van der Waals surface area (Å²) in [7, 11) is 0. The van der Waals surface area contributed by atoms with Crippen molar-refractivity contribution >= 4 is 72.2 Å². The Morgan fingerprint density at radius 1 is 0.311 bits per heavy atom. The Kier molecular flexibility index (Phi) is 9.10. The van der Waals surface area contributed by atoms with Gasteiger partial charge < -0.3 is 9.05 Å². The first-order chi connectivity index (χ1) is 36.1. The maximum absolute atomic E-state index is 2.76. The molecule has 0 fully saturated rings. The van der Waals surface area contributed by atoms with Crippen LogP contribution >= 0.6 is 0 Å². The molecule has 0 saturated carbocycles. The van der Waals surface area contributed by atoms with E-state index < -0.39 is 0 Å². The first kappa shape index (κ1) is 43.0. The first-order valence-corrected chi connectivity index (χ1v) is 26.3. The van der Waals surface area contributed by atoms with Gasteiger partial charge in [-0.25, -0.2) is 0 Å². The summed E-state index contributed by atoms with van der Waals surface area (Å²) in [5.41, 5.74) is 33.2. The Morgan fingerprint density at radius 3 is 1.49 bits per heavy atom. The molecular weight excluding hydrogens is 892 g/mol. The summed E-state index contributed by atoms with van der Waals surface area (Å²) in [6.45, 7) is 15.7. The zero-order valence-corrected chi connectivity index (χ0v) is 42.9. The molecule has 0 amide bonds. The van der Waals surface area contributed by atoms with Gasteiger partial charge in [0.1, 0.15) is 0 Å². The number of aryl methyl sites for hydroxylation is 7. The maximum Gasteiger partial charge on any atom is 0.333 e. The van der Waals surface area contributed by atoms with Crippen LogP contribution in [0.4, 0.5) is 0 Å². The average Bonchev–Trinajstić information content (AvgIpc) is 4.02. The van der Waals surface area contributed by atoms with E-state index in [9.17, 15) is 0 Å². The highest BCUT2D eigenvalue weighted by Crippen LogP contribution is 2.50. The van der Waals surface area contributed by atoms with Gasteiger partial charge in [0.05, 0.1) is 11.0 Å². The Bertz CT molecular complexity index is 4590. The van der Waals surface area contributed by atoms with Crippen LogP contribution in [0.15, 0.2) is 194 Å². The molecule has 0 atom stereocenters. The van der Waals surface area contributed by atoms with Gasteiger partial charge in [-0.15, -0.1) is 0 Å². The lowest BCUT2D eigenvalue weighted by Crippen LogP contribution is -2.55. The van der Waals surface area contributed by atoms with Crippen LogP contribution in [0, 0.1) is 48.5 Å². The van der Waals surface area contributed by atoms with E-state index in [1.807, 2.05) is 0 Å². The molecule has 2 aliphatic heterocycles. The fourth-order valence-electron chi connectivity index (χ4n) is 13.9. The maximum atomic E-state index is 2.76. The lowest BCUT2D eigenvalue weighted by Gasteiger charge is -2.35. The largest absolute Gasteiger partial charge is 0.375 e. The third-order valence-electron chi connectivity index (χ3n) is 17.2. The van der Waals surface area contributed by atoms with Gasteiger partial charge in [0.2, 0.25) is 0 Å². The summed E-state index contributed by atoms with van der Waals surface area (Å²) >= 11 is 0. The van der Waals surface area contributed by atoms with Gasteiger partial charge >= 0.3 is 6.85 Å². The van der Waals surface area contributed by atoms with Crippen molar-refractivity contribution in [2.75, 3.05) is 0 Å². The van der Waals surface area contributed by atoms with Crippen LogP contribution in [0.5, 0.6) is 0 Å². The summed E-state index contributed by atoms with van der Waals surface area (Å²) in [6.07, 6.45) is 0. The van der Waals surface area contributed by atoms with E-state index in [1.165, 1.54) is 177 Å². The fourth-order valence-corrected chi connectivity index (χ4v) is 13.9. The molecular formula is C71H53BN2. The molecule has 2 nitrogen and oxygen atoms in total. The number of rotatable bonds is 5. The molecule has 0 aliphatic carbocycles. The zero-order valence-electron chi connectivity index (χ0n) is 42.9. The van der Waals surface area contributed by atoms with Crippen LogP contribution in [0.25, 0.3) is 127 Å². The molecule has 0 spiro atoms. The molecule has 13 aromatic rings. The van der Waals surface area contributed by atoms with Gasteiger partial charge in [-0.3, -0.25) is 0 Å². The number of nitrogens with zero attached hydrogens (tertiary/aromatic N) is 2. The van der Waals surface area contributed by atoms with Crippen molar-refractivity contribution in [2.24, 2.45) is 0 Å². The highest BCUT2D eigenvalue weighted by Gasteiger charge is 2.43. The van der Waals surface area contributed by atoms with Gasteiger partial charge in [-0.1, -0.05) is 146 Å². The molecule has 0 radical (unpaired) electrons. The summed E-state index contributed by atoms with van der Waals surface area (Å²) < 4.78 is 5.46. The first-order valence-electron chi connectivity index (χ1n) is 26.3. The Hall–Kier alpha value is -8.66. The third kappa shape index (κ3) is 5.90. The van der Waals surface area contributed by atoms with Crippen molar-refractivity contribution in [3.8, 4) is 72.4 Å². The Balaban J connectivity index is 1.18. The van der Waals surface area contributed by atoms with Crippen molar-refractivity contribution in [1.82, 2.24) is 9.05 Å². The van der Waals surface area contributed by atoms with Crippen LogP contribution < -0.4 is 10.9 Å². The van der Waals surface area contributed by atoms with Crippen LogP contribution in [0.3, 0.4) is 0 Å². The van der Waals surface area contributed by atoms with Gasteiger partial charge in [0, 0.05) is 43.8 Å². The van der Waals surface area contributed by atoms with Crippen molar-refractivity contribution < 1.29 is 0 Å². The standard InChI is InChI=1S/C71H53BN2/c1-40-18-8-11-25-51(40)47-30-31-63-56(32-47)59-34-48(52-26-12-9-19-41(52)2)35-60-58-33-49(53-27-13-10-20-42(53)3)38-65-69(58)72(74(63)70(59)60)62-37-50(66-43(4)21-16-22-44(66)5)36-61-68-55-29-15-14-28-54(55)57(39-64(68)73(65)71(61)62)67-45(6)23-17-24-46(67)7/h8-39H,1-7H3. The highest BCUT2D eigenvalue weighted by atomic mass is 15.0. The van der Waals surface area contributed by atoms with E-state index in [2.05, 4.69) is 252 Å². The highest BCUT2D eigenvalue weighted by molar-refractivity contribution is 6.90. The topological polar surface area (TPSA) is 9.86 Å². The monoisotopic (exact) mass is 944 g/mol. The molecule has 74 heavy (non-hydrogen) atoms. The molecule has 15 rings (SSSR count). The minimum atomic E-state index is -0.125. The summed E-state index contributed by atoms with van der Waals surface area (Å²) in [5.74, 6) is 0. The number of benzene rings is 11. The molecule has 0 bridgehead atoms. The molecule has 4 heterocycles. The minimum Gasteiger partial charge on any atom is -0.375 e. The molecule has 0 saturated heterocycles. The van der Waals surface area contributed by atoms with E-state index >= 15 is 0 Å². The van der Waals surface area contributed by atoms with Crippen LogP contribution in [-0.4, -0.2) is 15.9 Å². The van der Waals surface area contributed by atoms with Crippen molar-refractivity contribution in [2.45, 2.75) is 48.5 Å². The Labute approximate surface area is 432 Å². The summed E-state index contributed by atoms with van der Waals surface area (Å²) in [6, 6.07) is 74.5. The molecule has 0 N–H and O–H groups in total. The predicted molar refractivity (Wildman–Crippen MR) is 317 cm³/mol. The Morgan fingerprint density at radius 2 is 0.838 bits per heavy atom. The second-order valence-corrected chi connectivity index (χ2v) is 21.5. The van der Waals surface area contributed by atoms with E-state index in [-0.39, 0.29) is 6.85 Å². The summed E-state index contributed by atoms with van der Waals surface area (Å²) in [5, 5.41) is 7.73. The van der Waals surface area contributed by atoms with Gasteiger partial charge in [-0.05, 0) is 219 Å². The number of fused-ring (bicyclic) bond motifs is 12. The lowest BCUT2D eigenvalue weighted by atomic mass is 9.45. The molecule has 350 valence electrons. The third-order valence-corrected chi connectivity index (χ3v) is 17.2. The predicted octanol–water partition coefficient (Wildman–Crippen LogP) is 17.5. The van der Waals surface area contributed by atoms with E-state index in [1.54, 1.807) is 0 Å². The normalized spacial score (nSPS) is 12.5. The second kappa shape index (κ2) is 15.7. The van der Waals surface area contributed by atoms with Gasteiger partial charge in [0.15, 0.2) is 0 Å². The minimum absolute atomic E-state index is 0.125. The van der Waals surface area contributed by atoms with Crippen molar-refractivity contribution in [3.63, 3.8) is 0 Å². The van der Waals surface area contributed by atoms with Crippen molar-refractivity contribution in [1.29, 1.82) is 0 Å². The van der Waals surface area contributed by atoms with Crippen LogP contribution in [0.1, 0.15) is 38.9 Å². The van der Waals surface area contributed by atoms with E-state index in [0.29, 0.717) is 0 Å². The van der Waals surface area contributed by atoms with Gasteiger partial charge in [-0.2, -0.15) is 0 Å². The zero-order chi connectivity index (χ0) is 49.8. The molecule has 0 unspecified atom stereocenters. The molecule has 2 aromatic heterocycles. The van der Waals surface area contributed by atoms with E-state index in [4.69, 9.17) is 0 Å². The number of hydrogen-bond donors (Lipinski definition) is 0. The quantitative estimate of drug-likeness (QED) is 0.152. The lowest BCUT2D eigenvalue weighted by molar-refractivity contribution is 1.18. The average molecular weight is 945 g/mol. The van der Waals surface area contributed by atoms with Crippen LogP contribution in [-0.2, 0) is 0 Å². The fraction of sp³-hybridized carbons (Fsp3) is 0.0986. The molecule has 3 heteroatoms. The van der Waals surface area contributed by atoms with E-state index in [0.717, 1.165) is 0 Å². The second-order valence-electron chi connectivity index (χ2n) is 21.5. The summed E-state index contributed by atoms with van der Waals surface area (Å²) in [4.78, 5) is 0. The molecule has 11 aromatic carbocycles. The van der Waals surface area contributed by atoms with Crippen LogP contribution in [0.2, 0.25) is 0 Å². The SMILES string of the molecule is Cc1ccccc1-c1cc2c3c(c1)-n1c4cc(-c5c(C)cccc5C)c5ccccc5c4c4cc(-c5c(C)cccc5C)cc(c41)B3n1c3ccc(-c4ccccc4C)cc3c3cc(-c4ccccc4C)cc-2c31. The van der Waals surface area contributed by atoms with Crippen molar-refractivity contribution in [3.05, 3.63) is 233 Å². The molecule has 2 aliphatic rings. The van der Waals surface area contributed by atoms with Gasteiger partial charge in [0.25, 0.3) is 0 Å². The smallest absolute Gasteiger partial charge is 0.333 e. The number of hydrogen-bond acceptors (Lipinski definition) is 0. The number of aromatic nitrogens is 2.